The van der Waals surface area contributed by atoms with Crippen LogP contribution in [0.1, 0.15) is 25.9 Å². The normalized spacial score (nSPS) is 10.4. The van der Waals surface area contributed by atoms with E-state index in [0.717, 1.165) is 4.88 Å². The minimum atomic E-state index is -0.502. The summed E-state index contributed by atoms with van der Waals surface area (Å²) in [6.45, 7) is 0.414. The highest BCUT2D eigenvalue weighted by atomic mass is 32.1. The molecular weight excluding hydrogens is 306 g/mol. The van der Waals surface area contributed by atoms with Crippen molar-refractivity contribution < 1.29 is 18.4 Å². The van der Waals surface area contributed by atoms with Crippen molar-refractivity contribution >= 4 is 29.2 Å². The molecule has 22 heavy (non-hydrogen) atoms. The van der Waals surface area contributed by atoms with Gasteiger partial charge in [0.25, 0.3) is 11.8 Å². The maximum atomic E-state index is 11.9. The maximum Gasteiger partial charge on any atom is 0.302 e. The Bertz CT molecular complexity index is 762. The minimum Gasteiger partial charge on any atom is -0.459 e. The quantitative estimate of drug-likeness (QED) is 0.753. The van der Waals surface area contributed by atoms with E-state index in [1.807, 2.05) is 17.5 Å². The van der Waals surface area contributed by atoms with Gasteiger partial charge in [-0.1, -0.05) is 6.07 Å². The molecule has 3 aromatic rings. The molecule has 0 radical (unpaired) electrons. The van der Waals surface area contributed by atoms with Crippen LogP contribution in [0.15, 0.2) is 51.0 Å². The number of oxazole rings is 1. The van der Waals surface area contributed by atoms with E-state index < -0.39 is 5.91 Å². The van der Waals surface area contributed by atoms with Crippen LogP contribution in [0.3, 0.4) is 0 Å². The summed E-state index contributed by atoms with van der Waals surface area (Å²) in [5.41, 5.74) is 0.0892. The van der Waals surface area contributed by atoms with Gasteiger partial charge in [-0.3, -0.25) is 14.9 Å². The predicted octanol–water partition coefficient (Wildman–Crippen LogP) is 2.51. The first-order chi connectivity index (χ1) is 10.7. The number of hydrogen-bond donors (Lipinski definition) is 2. The van der Waals surface area contributed by atoms with E-state index >= 15 is 0 Å². The van der Waals surface area contributed by atoms with Crippen molar-refractivity contribution in [3.8, 4) is 0 Å². The zero-order valence-electron chi connectivity index (χ0n) is 11.2. The molecule has 0 atom stereocenters. The number of aromatic nitrogens is 1. The standard InChI is InChI=1S/C14H11N3O4S/c18-12(15-7-9-3-2-6-22-9)10-8-21-14(16-10)17-13(19)11-4-1-5-20-11/h1-6,8H,7H2,(H,15,18)(H,16,17,19). The van der Waals surface area contributed by atoms with Crippen LogP contribution in [0.4, 0.5) is 6.01 Å². The van der Waals surface area contributed by atoms with Gasteiger partial charge in [-0.25, -0.2) is 0 Å². The fourth-order valence-corrected chi connectivity index (χ4v) is 2.32. The monoisotopic (exact) mass is 317 g/mol. The Labute approximate surface area is 129 Å². The summed E-state index contributed by atoms with van der Waals surface area (Å²) in [6.07, 6.45) is 2.56. The summed E-state index contributed by atoms with van der Waals surface area (Å²) >= 11 is 1.55. The Kier molecular flexibility index (Phi) is 4.01. The first kappa shape index (κ1) is 14.1. The van der Waals surface area contributed by atoms with E-state index in [1.165, 1.54) is 18.6 Å². The lowest BCUT2D eigenvalue weighted by molar-refractivity contribution is 0.0944. The van der Waals surface area contributed by atoms with Crippen molar-refractivity contribution in [3.63, 3.8) is 0 Å². The van der Waals surface area contributed by atoms with E-state index in [2.05, 4.69) is 15.6 Å². The number of nitrogens with zero attached hydrogens (tertiary/aromatic N) is 1. The van der Waals surface area contributed by atoms with E-state index in [0.29, 0.717) is 6.54 Å². The van der Waals surface area contributed by atoms with Crippen LogP contribution in [-0.4, -0.2) is 16.8 Å². The molecule has 7 nitrogen and oxygen atoms in total. The van der Waals surface area contributed by atoms with Gasteiger partial charge in [0.15, 0.2) is 11.5 Å². The molecule has 0 aliphatic carbocycles. The topological polar surface area (TPSA) is 97.4 Å². The second-order valence-corrected chi connectivity index (χ2v) is 5.26. The first-order valence-corrected chi connectivity index (χ1v) is 7.21. The number of rotatable bonds is 5. The average Bonchev–Trinajstić information content (AvgIpc) is 3.25. The average molecular weight is 317 g/mol. The Hall–Kier alpha value is -2.87. The second kappa shape index (κ2) is 6.27. The second-order valence-electron chi connectivity index (χ2n) is 4.23. The molecule has 3 heterocycles. The molecule has 8 heteroatoms. The first-order valence-electron chi connectivity index (χ1n) is 6.33. The van der Waals surface area contributed by atoms with E-state index in [9.17, 15) is 9.59 Å². The molecule has 0 unspecified atom stereocenters. The van der Waals surface area contributed by atoms with Crippen LogP contribution >= 0.6 is 11.3 Å². The van der Waals surface area contributed by atoms with Gasteiger partial charge in [0.1, 0.15) is 6.26 Å². The minimum absolute atomic E-state index is 0.0670. The van der Waals surface area contributed by atoms with Crippen LogP contribution in [0.2, 0.25) is 0 Å². The molecule has 0 saturated carbocycles. The highest BCUT2D eigenvalue weighted by molar-refractivity contribution is 7.09. The highest BCUT2D eigenvalue weighted by Crippen LogP contribution is 2.11. The van der Waals surface area contributed by atoms with Gasteiger partial charge >= 0.3 is 6.01 Å². The van der Waals surface area contributed by atoms with Crippen molar-refractivity contribution in [2.45, 2.75) is 6.54 Å². The number of carbonyl (C=O) groups is 2. The van der Waals surface area contributed by atoms with Gasteiger partial charge in [-0.05, 0) is 23.6 Å². The SMILES string of the molecule is O=C(NCc1cccs1)c1coc(NC(=O)c2ccco2)n1. The van der Waals surface area contributed by atoms with Crippen LogP contribution in [0.25, 0.3) is 0 Å². The van der Waals surface area contributed by atoms with Crippen molar-refractivity contribution in [2.24, 2.45) is 0 Å². The molecule has 0 aliphatic heterocycles. The number of anilines is 1. The van der Waals surface area contributed by atoms with Gasteiger partial charge in [0.05, 0.1) is 12.8 Å². The molecule has 3 rings (SSSR count). The van der Waals surface area contributed by atoms with Gasteiger partial charge in [0.2, 0.25) is 0 Å². The number of carbonyl (C=O) groups excluding carboxylic acids is 2. The summed E-state index contributed by atoms with van der Waals surface area (Å²) in [5.74, 6) is -0.755. The van der Waals surface area contributed by atoms with Crippen LogP contribution in [-0.2, 0) is 6.54 Å². The Morgan fingerprint density at radius 1 is 1.18 bits per heavy atom. The number of thiophene rings is 1. The maximum absolute atomic E-state index is 11.9. The lowest BCUT2D eigenvalue weighted by Crippen LogP contribution is -2.22. The number of nitrogens with one attached hydrogen (secondary N) is 2. The molecule has 112 valence electrons. The van der Waals surface area contributed by atoms with Gasteiger partial charge < -0.3 is 14.2 Å². The largest absolute Gasteiger partial charge is 0.459 e. The molecule has 0 aromatic carbocycles. The zero-order valence-corrected chi connectivity index (χ0v) is 12.1. The van der Waals surface area contributed by atoms with Gasteiger partial charge in [-0.15, -0.1) is 11.3 Å². The molecule has 2 amide bonds. The predicted molar refractivity (Wildman–Crippen MR) is 78.7 cm³/mol. The molecule has 0 fully saturated rings. The summed E-state index contributed by atoms with van der Waals surface area (Å²) in [4.78, 5) is 28.6. The van der Waals surface area contributed by atoms with Gasteiger partial charge in [-0.2, -0.15) is 4.98 Å². The summed E-state index contributed by atoms with van der Waals surface area (Å²) in [7, 11) is 0. The van der Waals surface area contributed by atoms with Crippen molar-refractivity contribution in [2.75, 3.05) is 5.32 Å². The number of amides is 2. The number of hydrogen-bond acceptors (Lipinski definition) is 6. The summed E-state index contributed by atoms with van der Waals surface area (Å²) in [5, 5.41) is 7.04. The zero-order chi connectivity index (χ0) is 15.4. The van der Waals surface area contributed by atoms with E-state index in [1.54, 1.807) is 17.4 Å². The molecule has 2 N–H and O–H groups in total. The van der Waals surface area contributed by atoms with Gasteiger partial charge in [0, 0.05) is 4.88 Å². The third kappa shape index (κ3) is 3.23. The smallest absolute Gasteiger partial charge is 0.302 e. The molecule has 0 saturated heterocycles. The number of furan rings is 1. The molecule has 0 bridgehead atoms. The molecule has 0 aliphatic rings. The molecule has 3 aromatic heterocycles. The van der Waals surface area contributed by atoms with Crippen LogP contribution in [0, 0.1) is 0 Å². The van der Waals surface area contributed by atoms with E-state index in [-0.39, 0.29) is 23.4 Å². The Balaban J connectivity index is 1.58. The molecule has 0 spiro atoms. The highest BCUT2D eigenvalue weighted by Gasteiger charge is 2.15. The summed E-state index contributed by atoms with van der Waals surface area (Å²) in [6, 6.07) is 6.86. The Morgan fingerprint density at radius 3 is 2.82 bits per heavy atom. The Morgan fingerprint density at radius 2 is 2.09 bits per heavy atom. The lowest BCUT2D eigenvalue weighted by Gasteiger charge is -1.99. The van der Waals surface area contributed by atoms with Crippen molar-refractivity contribution in [1.82, 2.24) is 10.3 Å². The fourth-order valence-electron chi connectivity index (χ4n) is 1.67. The van der Waals surface area contributed by atoms with Crippen molar-refractivity contribution in [3.05, 3.63) is 58.5 Å². The lowest BCUT2D eigenvalue weighted by atomic mass is 10.4. The third-order valence-electron chi connectivity index (χ3n) is 2.71. The fraction of sp³-hybridized carbons (Fsp3) is 0.0714. The van der Waals surface area contributed by atoms with Crippen LogP contribution in [0.5, 0.6) is 0 Å². The van der Waals surface area contributed by atoms with E-state index in [4.69, 9.17) is 8.83 Å². The molecular formula is C14H11N3O4S. The van der Waals surface area contributed by atoms with Crippen LogP contribution < -0.4 is 10.6 Å². The third-order valence-corrected chi connectivity index (χ3v) is 3.58. The van der Waals surface area contributed by atoms with Crippen molar-refractivity contribution in [1.29, 1.82) is 0 Å². The summed E-state index contributed by atoms with van der Waals surface area (Å²) < 4.78 is 9.99.